The molecule has 4 nitrogen and oxygen atoms in total. The molecule has 0 heterocycles. The zero-order chi connectivity index (χ0) is 14.1. The average molecular weight is 265 g/mol. The number of nitrogens with zero attached hydrogens (tertiary/aromatic N) is 1. The number of benzene rings is 1. The summed E-state index contributed by atoms with van der Waals surface area (Å²) in [6, 6.07) is 7.78. The first-order chi connectivity index (χ1) is 9.19. The Morgan fingerprint density at radius 1 is 1.21 bits per heavy atom. The van der Waals surface area contributed by atoms with Gasteiger partial charge >= 0.3 is 5.97 Å². The SMILES string of the molecule is CCCN(CC(=O)OCC)Cc1ccc(CO)cc1. The molecule has 0 saturated heterocycles. The van der Waals surface area contributed by atoms with E-state index in [1.807, 2.05) is 31.2 Å². The molecule has 4 heteroatoms. The molecule has 0 unspecified atom stereocenters. The zero-order valence-electron chi connectivity index (χ0n) is 11.8. The molecule has 0 radical (unpaired) electrons. The summed E-state index contributed by atoms with van der Waals surface area (Å²) in [7, 11) is 0. The Balaban J connectivity index is 2.58. The number of carbonyl (C=O) groups is 1. The Morgan fingerprint density at radius 2 is 1.84 bits per heavy atom. The third-order valence-electron chi connectivity index (χ3n) is 2.81. The molecule has 0 aliphatic carbocycles. The van der Waals surface area contributed by atoms with Crippen LogP contribution in [0.15, 0.2) is 24.3 Å². The summed E-state index contributed by atoms with van der Waals surface area (Å²) in [5.41, 5.74) is 2.03. The van der Waals surface area contributed by atoms with Crippen molar-refractivity contribution in [2.75, 3.05) is 19.7 Å². The number of ether oxygens (including phenoxy) is 1. The predicted molar refractivity (Wildman–Crippen MR) is 74.6 cm³/mol. The molecule has 0 bridgehead atoms. The van der Waals surface area contributed by atoms with Crippen molar-refractivity contribution in [1.29, 1.82) is 0 Å². The first kappa shape index (κ1) is 15.7. The molecule has 0 spiro atoms. The van der Waals surface area contributed by atoms with E-state index < -0.39 is 0 Å². The standard InChI is InChI=1S/C15H23NO3/c1-3-9-16(11-15(18)19-4-2)10-13-5-7-14(12-17)8-6-13/h5-8,17H,3-4,9-12H2,1-2H3. The van der Waals surface area contributed by atoms with Crippen molar-refractivity contribution < 1.29 is 14.6 Å². The van der Waals surface area contributed by atoms with Gasteiger partial charge in [-0.3, -0.25) is 9.69 Å². The molecule has 0 atom stereocenters. The second-order valence-corrected chi connectivity index (χ2v) is 4.49. The largest absolute Gasteiger partial charge is 0.465 e. The fourth-order valence-electron chi connectivity index (χ4n) is 1.93. The monoisotopic (exact) mass is 265 g/mol. The molecule has 1 aromatic carbocycles. The van der Waals surface area contributed by atoms with Gasteiger partial charge in [0.05, 0.1) is 19.8 Å². The number of hydrogen-bond acceptors (Lipinski definition) is 4. The number of carbonyl (C=O) groups excluding carboxylic acids is 1. The van der Waals surface area contributed by atoms with E-state index in [-0.39, 0.29) is 12.6 Å². The van der Waals surface area contributed by atoms with Gasteiger partial charge in [0, 0.05) is 6.54 Å². The fourth-order valence-corrected chi connectivity index (χ4v) is 1.93. The van der Waals surface area contributed by atoms with Gasteiger partial charge in [0.1, 0.15) is 0 Å². The molecule has 0 aliphatic rings. The first-order valence-electron chi connectivity index (χ1n) is 6.76. The predicted octanol–water partition coefficient (Wildman–Crippen LogP) is 1.95. The molecule has 0 saturated carbocycles. The molecule has 1 N–H and O–H groups in total. The van der Waals surface area contributed by atoms with Crippen LogP contribution < -0.4 is 0 Å². The Labute approximate surface area is 115 Å². The fraction of sp³-hybridized carbons (Fsp3) is 0.533. The number of aliphatic hydroxyl groups is 1. The van der Waals surface area contributed by atoms with Crippen LogP contribution in [0.1, 0.15) is 31.4 Å². The maximum absolute atomic E-state index is 11.5. The Hall–Kier alpha value is -1.39. The first-order valence-corrected chi connectivity index (χ1v) is 6.76. The van der Waals surface area contributed by atoms with Gasteiger partial charge in [0.2, 0.25) is 0 Å². The smallest absolute Gasteiger partial charge is 0.320 e. The second-order valence-electron chi connectivity index (χ2n) is 4.49. The maximum atomic E-state index is 11.5. The Kier molecular flexibility index (Phi) is 7.15. The molecule has 1 aromatic rings. The van der Waals surface area contributed by atoms with Gasteiger partial charge in [0.25, 0.3) is 0 Å². The normalized spacial score (nSPS) is 10.7. The minimum Gasteiger partial charge on any atom is -0.465 e. The summed E-state index contributed by atoms with van der Waals surface area (Å²) in [5.74, 6) is -0.178. The van der Waals surface area contributed by atoms with Gasteiger partial charge in [-0.1, -0.05) is 31.2 Å². The highest BCUT2D eigenvalue weighted by molar-refractivity contribution is 5.71. The number of hydrogen-bond donors (Lipinski definition) is 1. The van der Waals surface area contributed by atoms with Gasteiger partial charge in [-0.15, -0.1) is 0 Å². The number of aliphatic hydroxyl groups excluding tert-OH is 1. The van der Waals surface area contributed by atoms with E-state index in [1.54, 1.807) is 0 Å². The van der Waals surface area contributed by atoms with Crippen molar-refractivity contribution in [2.45, 2.75) is 33.4 Å². The van der Waals surface area contributed by atoms with Gasteiger partial charge < -0.3 is 9.84 Å². The molecular weight excluding hydrogens is 242 g/mol. The van der Waals surface area contributed by atoms with Crippen molar-refractivity contribution in [2.24, 2.45) is 0 Å². The van der Waals surface area contributed by atoms with Crippen LogP contribution in [0.3, 0.4) is 0 Å². The van der Waals surface area contributed by atoms with Crippen molar-refractivity contribution in [1.82, 2.24) is 4.90 Å². The minimum atomic E-state index is -0.178. The lowest BCUT2D eigenvalue weighted by molar-refractivity contribution is -0.144. The highest BCUT2D eigenvalue weighted by Gasteiger charge is 2.11. The van der Waals surface area contributed by atoms with Crippen LogP contribution >= 0.6 is 0 Å². The van der Waals surface area contributed by atoms with E-state index in [1.165, 1.54) is 0 Å². The van der Waals surface area contributed by atoms with E-state index >= 15 is 0 Å². The summed E-state index contributed by atoms with van der Waals surface area (Å²) in [6.45, 7) is 6.29. The summed E-state index contributed by atoms with van der Waals surface area (Å²) < 4.78 is 4.98. The van der Waals surface area contributed by atoms with Crippen LogP contribution in [0.4, 0.5) is 0 Å². The summed E-state index contributed by atoms with van der Waals surface area (Å²) in [5, 5.41) is 9.00. The molecule has 0 aliphatic heterocycles. The third-order valence-corrected chi connectivity index (χ3v) is 2.81. The third kappa shape index (κ3) is 5.85. The summed E-state index contributed by atoms with van der Waals surface area (Å²) >= 11 is 0. The van der Waals surface area contributed by atoms with Gasteiger partial charge in [-0.2, -0.15) is 0 Å². The highest BCUT2D eigenvalue weighted by Crippen LogP contribution is 2.08. The average Bonchev–Trinajstić information content (AvgIpc) is 2.40. The van der Waals surface area contributed by atoms with Crippen LogP contribution in [0, 0.1) is 0 Å². The molecule has 0 aromatic heterocycles. The second kappa shape index (κ2) is 8.67. The molecule has 0 amide bonds. The van der Waals surface area contributed by atoms with E-state index in [0.29, 0.717) is 13.2 Å². The van der Waals surface area contributed by atoms with Crippen LogP contribution in [-0.2, 0) is 22.7 Å². The van der Waals surface area contributed by atoms with Crippen LogP contribution in [0.25, 0.3) is 0 Å². The van der Waals surface area contributed by atoms with Crippen molar-refractivity contribution in [3.05, 3.63) is 35.4 Å². The topological polar surface area (TPSA) is 49.8 Å². The number of rotatable bonds is 8. The van der Waals surface area contributed by atoms with E-state index in [9.17, 15) is 4.79 Å². The summed E-state index contributed by atoms with van der Waals surface area (Å²) in [6.07, 6.45) is 0.994. The Bertz CT molecular complexity index is 375. The van der Waals surface area contributed by atoms with Gasteiger partial charge in [0.15, 0.2) is 0 Å². The van der Waals surface area contributed by atoms with Gasteiger partial charge in [-0.25, -0.2) is 0 Å². The molecule has 19 heavy (non-hydrogen) atoms. The van der Waals surface area contributed by atoms with Crippen molar-refractivity contribution in [3.63, 3.8) is 0 Å². The lowest BCUT2D eigenvalue weighted by Crippen LogP contribution is -2.31. The lowest BCUT2D eigenvalue weighted by atomic mass is 10.1. The molecule has 0 fully saturated rings. The van der Waals surface area contributed by atoms with Crippen LogP contribution in [-0.4, -0.2) is 35.7 Å². The van der Waals surface area contributed by atoms with Crippen LogP contribution in [0.5, 0.6) is 0 Å². The molecule has 106 valence electrons. The highest BCUT2D eigenvalue weighted by atomic mass is 16.5. The van der Waals surface area contributed by atoms with E-state index in [4.69, 9.17) is 9.84 Å². The summed E-state index contributed by atoms with van der Waals surface area (Å²) in [4.78, 5) is 13.6. The van der Waals surface area contributed by atoms with E-state index in [0.717, 1.165) is 30.6 Å². The van der Waals surface area contributed by atoms with E-state index in [2.05, 4.69) is 11.8 Å². The quantitative estimate of drug-likeness (QED) is 0.730. The van der Waals surface area contributed by atoms with Crippen molar-refractivity contribution in [3.8, 4) is 0 Å². The lowest BCUT2D eigenvalue weighted by Gasteiger charge is -2.20. The maximum Gasteiger partial charge on any atom is 0.320 e. The minimum absolute atomic E-state index is 0.0573. The Morgan fingerprint density at radius 3 is 2.37 bits per heavy atom. The number of esters is 1. The molecule has 1 rings (SSSR count). The zero-order valence-corrected chi connectivity index (χ0v) is 11.8. The van der Waals surface area contributed by atoms with Gasteiger partial charge in [-0.05, 0) is 31.0 Å². The molecular formula is C15H23NO3. The van der Waals surface area contributed by atoms with Crippen molar-refractivity contribution >= 4 is 5.97 Å². The van der Waals surface area contributed by atoms with Crippen LogP contribution in [0.2, 0.25) is 0 Å².